The van der Waals surface area contributed by atoms with Crippen molar-refractivity contribution in [3.8, 4) is 0 Å². The molecular weight excluding hydrogens is 354 g/mol. The van der Waals surface area contributed by atoms with Crippen LogP contribution in [0, 0.1) is 11.8 Å². The van der Waals surface area contributed by atoms with Gasteiger partial charge in [-0.15, -0.1) is 0 Å². The molecule has 2 aliphatic rings. The van der Waals surface area contributed by atoms with Crippen molar-refractivity contribution in [3.63, 3.8) is 0 Å². The average Bonchev–Trinajstić information content (AvgIpc) is 2.74. The number of likely N-dealkylation sites (tertiary alicyclic amines) is 1. The maximum atomic E-state index is 12.6. The standard InChI is InChI=1S/C21H35N5O2/c1-3-22-19-14-20(24-16-23-19)25-10-6-17(7-11-25)4-5-21(27)26-12-8-18(9-13-26)15-28-2/h14,16-18H,3-13,15H2,1-2H3,(H,22,23,24). The van der Waals surface area contributed by atoms with Gasteiger partial charge in [0.25, 0.3) is 0 Å². The van der Waals surface area contributed by atoms with Crippen LogP contribution in [0.25, 0.3) is 0 Å². The minimum Gasteiger partial charge on any atom is -0.384 e. The normalized spacial score (nSPS) is 19.1. The SMILES string of the molecule is CCNc1cc(N2CCC(CCC(=O)N3CCC(COC)CC3)CC2)ncn1. The van der Waals surface area contributed by atoms with Gasteiger partial charge < -0.3 is 19.9 Å². The molecule has 3 rings (SSSR count). The highest BCUT2D eigenvalue weighted by Gasteiger charge is 2.25. The maximum Gasteiger partial charge on any atom is 0.222 e. The molecule has 1 amide bonds. The number of hydrogen-bond donors (Lipinski definition) is 1. The van der Waals surface area contributed by atoms with Gasteiger partial charge in [0, 0.05) is 58.9 Å². The quantitative estimate of drug-likeness (QED) is 0.737. The van der Waals surface area contributed by atoms with Gasteiger partial charge in [-0.05, 0) is 50.9 Å². The van der Waals surface area contributed by atoms with Crippen LogP contribution in [0.2, 0.25) is 0 Å². The van der Waals surface area contributed by atoms with Gasteiger partial charge in [-0.1, -0.05) is 0 Å². The van der Waals surface area contributed by atoms with E-state index in [9.17, 15) is 4.79 Å². The fourth-order valence-corrected chi connectivity index (χ4v) is 4.32. The molecule has 0 bridgehead atoms. The van der Waals surface area contributed by atoms with Crippen molar-refractivity contribution in [2.45, 2.75) is 45.4 Å². The van der Waals surface area contributed by atoms with E-state index in [0.717, 1.165) is 83.1 Å². The Morgan fingerprint density at radius 1 is 1.14 bits per heavy atom. The summed E-state index contributed by atoms with van der Waals surface area (Å²) in [6.07, 6.45) is 7.74. The third kappa shape index (κ3) is 5.80. The van der Waals surface area contributed by atoms with E-state index >= 15 is 0 Å². The molecule has 0 unspecified atom stereocenters. The number of rotatable bonds is 8. The van der Waals surface area contributed by atoms with Crippen LogP contribution in [0.1, 0.15) is 45.4 Å². The van der Waals surface area contributed by atoms with Crippen LogP contribution in [-0.4, -0.2) is 67.2 Å². The highest BCUT2D eigenvalue weighted by Crippen LogP contribution is 2.26. The maximum absolute atomic E-state index is 12.6. The second kappa shape index (κ2) is 10.6. The molecule has 0 saturated carbocycles. The fraction of sp³-hybridized carbons (Fsp3) is 0.762. The molecule has 156 valence electrons. The van der Waals surface area contributed by atoms with E-state index in [2.05, 4.69) is 32.0 Å². The second-order valence-electron chi connectivity index (χ2n) is 8.04. The summed E-state index contributed by atoms with van der Waals surface area (Å²) in [5.74, 6) is 3.48. The zero-order valence-corrected chi connectivity index (χ0v) is 17.4. The van der Waals surface area contributed by atoms with Crippen molar-refractivity contribution in [2.75, 3.05) is 56.7 Å². The number of hydrogen-bond acceptors (Lipinski definition) is 6. The molecular formula is C21H35N5O2. The van der Waals surface area contributed by atoms with E-state index in [1.165, 1.54) is 0 Å². The lowest BCUT2D eigenvalue weighted by Gasteiger charge is -2.34. The molecule has 2 saturated heterocycles. The van der Waals surface area contributed by atoms with Gasteiger partial charge in [-0.2, -0.15) is 0 Å². The van der Waals surface area contributed by atoms with Gasteiger partial charge in [-0.25, -0.2) is 9.97 Å². The molecule has 2 fully saturated rings. The van der Waals surface area contributed by atoms with Crippen LogP contribution in [0.15, 0.2) is 12.4 Å². The fourth-order valence-electron chi connectivity index (χ4n) is 4.32. The van der Waals surface area contributed by atoms with Crippen LogP contribution in [0.5, 0.6) is 0 Å². The summed E-state index contributed by atoms with van der Waals surface area (Å²) in [6, 6.07) is 2.03. The number of anilines is 2. The number of methoxy groups -OCH3 is 1. The molecule has 1 aromatic rings. The lowest BCUT2D eigenvalue weighted by atomic mass is 9.91. The Hall–Kier alpha value is -1.89. The largest absolute Gasteiger partial charge is 0.384 e. The molecule has 7 nitrogen and oxygen atoms in total. The van der Waals surface area contributed by atoms with E-state index in [1.807, 2.05) is 6.07 Å². The molecule has 0 aromatic carbocycles. The molecule has 1 aromatic heterocycles. The molecule has 28 heavy (non-hydrogen) atoms. The van der Waals surface area contributed by atoms with Crippen LogP contribution in [0.3, 0.4) is 0 Å². The number of nitrogens with zero attached hydrogens (tertiary/aromatic N) is 4. The molecule has 1 N–H and O–H groups in total. The van der Waals surface area contributed by atoms with Gasteiger partial charge in [0.1, 0.15) is 18.0 Å². The number of amides is 1. The topological polar surface area (TPSA) is 70.6 Å². The Morgan fingerprint density at radius 2 is 1.86 bits per heavy atom. The predicted octanol–water partition coefficient (Wildman–Crippen LogP) is 2.79. The first-order valence-corrected chi connectivity index (χ1v) is 10.8. The van der Waals surface area contributed by atoms with Gasteiger partial charge in [0.2, 0.25) is 5.91 Å². The number of ether oxygens (including phenoxy) is 1. The molecule has 7 heteroatoms. The molecule has 0 atom stereocenters. The summed E-state index contributed by atoms with van der Waals surface area (Å²) in [5, 5.41) is 3.24. The van der Waals surface area contributed by atoms with Crippen molar-refractivity contribution in [1.29, 1.82) is 0 Å². The van der Waals surface area contributed by atoms with Crippen LogP contribution >= 0.6 is 0 Å². The Kier molecular flexibility index (Phi) is 7.89. The first-order valence-electron chi connectivity index (χ1n) is 10.8. The molecule has 2 aliphatic heterocycles. The lowest BCUT2D eigenvalue weighted by molar-refractivity contribution is -0.133. The Balaban J connectivity index is 1.38. The van der Waals surface area contributed by atoms with Crippen LogP contribution < -0.4 is 10.2 Å². The van der Waals surface area contributed by atoms with Gasteiger partial charge in [-0.3, -0.25) is 4.79 Å². The highest BCUT2D eigenvalue weighted by molar-refractivity contribution is 5.76. The molecule has 3 heterocycles. The minimum atomic E-state index is 0.337. The lowest BCUT2D eigenvalue weighted by Crippen LogP contribution is -2.40. The van der Waals surface area contributed by atoms with Gasteiger partial charge >= 0.3 is 0 Å². The van der Waals surface area contributed by atoms with Crippen molar-refractivity contribution in [2.24, 2.45) is 11.8 Å². The highest BCUT2D eigenvalue weighted by atomic mass is 16.5. The Morgan fingerprint density at radius 3 is 2.54 bits per heavy atom. The van der Waals surface area contributed by atoms with Crippen LogP contribution in [0.4, 0.5) is 11.6 Å². The monoisotopic (exact) mass is 389 g/mol. The summed E-state index contributed by atoms with van der Waals surface area (Å²) >= 11 is 0. The summed E-state index contributed by atoms with van der Waals surface area (Å²) in [5.41, 5.74) is 0. The van der Waals surface area contributed by atoms with Gasteiger partial charge in [0.15, 0.2) is 0 Å². The summed E-state index contributed by atoms with van der Waals surface area (Å²) in [7, 11) is 1.76. The minimum absolute atomic E-state index is 0.337. The van der Waals surface area contributed by atoms with Crippen LogP contribution in [-0.2, 0) is 9.53 Å². The number of carbonyl (C=O) groups excluding carboxylic acids is 1. The number of aromatic nitrogens is 2. The molecule has 0 spiro atoms. The van der Waals surface area contributed by atoms with E-state index in [0.29, 0.717) is 24.2 Å². The first kappa shape index (κ1) is 20.8. The number of carbonyl (C=O) groups is 1. The van der Waals surface area contributed by atoms with E-state index < -0.39 is 0 Å². The van der Waals surface area contributed by atoms with Crippen molar-refractivity contribution >= 4 is 17.5 Å². The molecule has 0 radical (unpaired) electrons. The van der Waals surface area contributed by atoms with Crippen molar-refractivity contribution in [1.82, 2.24) is 14.9 Å². The Labute approximate surface area is 168 Å². The zero-order valence-electron chi connectivity index (χ0n) is 17.4. The van der Waals surface area contributed by atoms with E-state index in [1.54, 1.807) is 13.4 Å². The zero-order chi connectivity index (χ0) is 19.8. The second-order valence-corrected chi connectivity index (χ2v) is 8.04. The average molecular weight is 390 g/mol. The summed E-state index contributed by atoms with van der Waals surface area (Å²) in [4.78, 5) is 25.6. The van der Waals surface area contributed by atoms with Crippen molar-refractivity contribution < 1.29 is 9.53 Å². The smallest absolute Gasteiger partial charge is 0.222 e. The number of nitrogens with one attached hydrogen (secondary N) is 1. The number of piperidine rings is 2. The van der Waals surface area contributed by atoms with E-state index in [4.69, 9.17) is 4.74 Å². The first-order chi connectivity index (χ1) is 13.7. The third-order valence-electron chi connectivity index (χ3n) is 6.09. The predicted molar refractivity (Wildman–Crippen MR) is 112 cm³/mol. The molecule has 0 aliphatic carbocycles. The van der Waals surface area contributed by atoms with E-state index in [-0.39, 0.29) is 0 Å². The van der Waals surface area contributed by atoms with Gasteiger partial charge in [0.05, 0.1) is 0 Å². The summed E-state index contributed by atoms with van der Waals surface area (Å²) in [6.45, 7) is 7.55. The Bertz CT molecular complexity index is 611. The van der Waals surface area contributed by atoms with Crippen molar-refractivity contribution in [3.05, 3.63) is 12.4 Å². The third-order valence-corrected chi connectivity index (χ3v) is 6.09. The summed E-state index contributed by atoms with van der Waals surface area (Å²) < 4.78 is 5.24.